The van der Waals surface area contributed by atoms with E-state index in [1.165, 1.54) is 6.42 Å². The van der Waals surface area contributed by atoms with Gasteiger partial charge in [-0.3, -0.25) is 9.59 Å². The van der Waals surface area contributed by atoms with E-state index in [-0.39, 0.29) is 24.5 Å². The fourth-order valence-electron chi connectivity index (χ4n) is 3.37. The van der Waals surface area contributed by atoms with Gasteiger partial charge in [-0.15, -0.1) is 0 Å². The average Bonchev–Trinajstić information content (AvgIpc) is 3.15. The van der Waals surface area contributed by atoms with Gasteiger partial charge in [0.2, 0.25) is 5.91 Å². The van der Waals surface area contributed by atoms with Gasteiger partial charge in [-0.05, 0) is 50.3 Å². The van der Waals surface area contributed by atoms with Crippen LogP contribution in [-0.2, 0) is 9.53 Å². The second-order valence-electron chi connectivity index (χ2n) is 6.75. The molecular weight excluding hydrogens is 318 g/mol. The molecule has 2 N–H and O–H groups in total. The van der Waals surface area contributed by atoms with Crippen molar-refractivity contribution < 1.29 is 14.3 Å². The molecule has 25 heavy (non-hydrogen) atoms. The van der Waals surface area contributed by atoms with Crippen LogP contribution in [0.4, 0.5) is 5.69 Å². The summed E-state index contributed by atoms with van der Waals surface area (Å²) in [4.78, 5) is 26.5. The van der Waals surface area contributed by atoms with Crippen LogP contribution in [0.25, 0.3) is 0 Å². The molecule has 2 saturated heterocycles. The summed E-state index contributed by atoms with van der Waals surface area (Å²) in [6.07, 6.45) is 5.69. The number of ether oxygens (including phenoxy) is 1. The van der Waals surface area contributed by atoms with Gasteiger partial charge in [-0.1, -0.05) is 6.07 Å². The first-order valence-corrected chi connectivity index (χ1v) is 9.24. The Balaban J connectivity index is 1.48. The molecule has 2 aliphatic heterocycles. The molecule has 1 unspecified atom stereocenters. The zero-order valence-corrected chi connectivity index (χ0v) is 14.6. The molecular formula is C19H27N3O3. The Kier molecular flexibility index (Phi) is 6.42. The van der Waals surface area contributed by atoms with Crippen molar-refractivity contribution in [1.82, 2.24) is 10.2 Å². The lowest BCUT2D eigenvalue weighted by Gasteiger charge is -2.26. The molecule has 2 amide bonds. The van der Waals surface area contributed by atoms with Crippen LogP contribution in [0.2, 0.25) is 0 Å². The molecule has 0 bridgehead atoms. The zero-order valence-electron chi connectivity index (χ0n) is 14.6. The van der Waals surface area contributed by atoms with Crippen molar-refractivity contribution in [3.05, 3.63) is 29.8 Å². The molecule has 0 aromatic heterocycles. The molecule has 0 aliphatic carbocycles. The normalized spacial score (nSPS) is 20.5. The first-order chi connectivity index (χ1) is 12.2. The van der Waals surface area contributed by atoms with Crippen LogP contribution < -0.4 is 10.6 Å². The van der Waals surface area contributed by atoms with Crippen LogP contribution >= 0.6 is 0 Å². The highest BCUT2D eigenvalue weighted by molar-refractivity contribution is 5.97. The van der Waals surface area contributed by atoms with E-state index in [9.17, 15) is 9.59 Å². The number of hydrogen-bond acceptors (Lipinski definition) is 4. The summed E-state index contributed by atoms with van der Waals surface area (Å²) >= 11 is 0. The Morgan fingerprint density at radius 3 is 2.76 bits per heavy atom. The largest absolute Gasteiger partial charge is 0.377 e. The van der Waals surface area contributed by atoms with Crippen LogP contribution in [0.1, 0.15) is 42.5 Å². The maximum atomic E-state index is 12.5. The minimum absolute atomic E-state index is 0.0484. The molecule has 2 aliphatic rings. The molecule has 1 aromatic rings. The van der Waals surface area contributed by atoms with Crippen molar-refractivity contribution >= 4 is 17.5 Å². The highest BCUT2D eigenvalue weighted by Gasteiger charge is 2.18. The number of piperidine rings is 1. The van der Waals surface area contributed by atoms with E-state index < -0.39 is 0 Å². The smallest absolute Gasteiger partial charge is 0.253 e. The topological polar surface area (TPSA) is 70.7 Å². The van der Waals surface area contributed by atoms with Crippen LogP contribution in [0.15, 0.2) is 24.3 Å². The molecule has 6 heteroatoms. The van der Waals surface area contributed by atoms with Gasteiger partial charge in [0.15, 0.2) is 0 Å². The molecule has 0 spiro atoms. The first kappa shape index (κ1) is 17.9. The van der Waals surface area contributed by atoms with Gasteiger partial charge in [0, 0.05) is 37.5 Å². The number of carbonyl (C=O) groups is 2. The van der Waals surface area contributed by atoms with Gasteiger partial charge < -0.3 is 20.3 Å². The predicted octanol–water partition coefficient (Wildman–Crippen LogP) is 2.02. The van der Waals surface area contributed by atoms with Crippen LogP contribution in [-0.4, -0.2) is 55.6 Å². The van der Waals surface area contributed by atoms with Crippen molar-refractivity contribution in [1.29, 1.82) is 0 Å². The summed E-state index contributed by atoms with van der Waals surface area (Å²) in [7, 11) is 0. The lowest BCUT2D eigenvalue weighted by Crippen LogP contribution is -2.35. The minimum Gasteiger partial charge on any atom is -0.377 e. The number of benzene rings is 1. The van der Waals surface area contributed by atoms with E-state index in [4.69, 9.17) is 4.74 Å². The molecule has 0 saturated carbocycles. The third-order valence-corrected chi connectivity index (χ3v) is 4.72. The Morgan fingerprint density at radius 1 is 1.16 bits per heavy atom. The molecule has 136 valence electrons. The van der Waals surface area contributed by atoms with Gasteiger partial charge in [0.1, 0.15) is 0 Å². The monoisotopic (exact) mass is 345 g/mol. The van der Waals surface area contributed by atoms with Gasteiger partial charge in [-0.25, -0.2) is 0 Å². The van der Waals surface area contributed by atoms with Crippen molar-refractivity contribution in [2.24, 2.45) is 0 Å². The Bertz CT molecular complexity index is 593. The molecule has 1 aromatic carbocycles. The second kappa shape index (κ2) is 8.97. The highest BCUT2D eigenvalue weighted by atomic mass is 16.5. The van der Waals surface area contributed by atoms with Crippen LogP contribution in [0.5, 0.6) is 0 Å². The van der Waals surface area contributed by atoms with Gasteiger partial charge in [-0.2, -0.15) is 0 Å². The zero-order chi connectivity index (χ0) is 17.5. The quantitative estimate of drug-likeness (QED) is 0.827. The van der Waals surface area contributed by atoms with E-state index in [1.807, 2.05) is 23.1 Å². The lowest BCUT2D eigenvalue weighted by molar-refractivity contribution is -0.115. The summed E-state index contributed by atoms with van der Waals surface area (Å²) < 4.78 is 5.52. The number of hydrogen-bond donors (Lipinski definition) is 2. The second-order valence-corrected chi connectivity index (χ2v) is 6.75. The third kappa shape index (κ3) is 5.28. The van der Waals surface area contributed by atoms with Gasteiger partial charge in [0.25, 0.3) is 5.91 Å². The predicted molar refractivity (Wildman–Crippen MR) is 96.7 cm³/mol. The van der Waals surface area contributed by atoms with E-state index in [2.05, 4.69) is 10.6 Å². The fraction of sp³-hybridized carbons (Fsp3) is 0.579. The Labute approximate surface area is 148 Å². The highest BCUT2D eigenvalue weighted by Crippen LogP contribution is 2.16. The average molecular weight is 345 g/mol. The number of carbonyl (C=O) groups excluding carboxylic acids is 2. The molecule has 0 radical (unpaired) electrons. The fourth-order valence-corrected chi connectivity index (χ4v) is 3.37. The molecule has 3 rings (SSSR count). The van der Waals surface area contributed by atoms with E-state index in [0.29, 0.717) is 17.8 Å². The number of anilines is 1. The van der Waals surface area contributed by atoms with Crippen molar-refractivity contribution in [3.63, 3.8) is 0 Å². The van der Waals surface area contributed by atoms with E-state index >= 15 is 0 Å². The first-order valence-electron chi connectivity index (χ1n) is 9.24. The SMILES string of the molecule is O=C(CNCC1CCCO1)Nc1cccc(C(=O)N2CCCCC2)c1. The summed E-state index contributed by atoms with van der Waals surface area (Å²) in [6, 6.07) is 7.19. The van der Waals surface area contributed by atoms with E-state index in [1.54, 1.807) is 6.07 Å². The molecule has 2 heterocycles. The Morgan fingerprint density at radius 2 is 2.00 bits per heavy atom. The summed E-state index contributed by atoms with van der Waals surface area (Å²) in [5, 5.41) is 5.98. The van der Waals surface area contributed by atoms with Crippen LogP contribution in [0.3, 0.4) is 0 Å². The maximum Gasteiger partial charge on any atom is 0.253 e. The van der Waals surface area contributed by atoms with Crippen LogP contribution in [0, 0.1) is 0 Å². The van der Waals surface area contributed by atoms with Crippen molar-refractivity contribution in [3.8, 4) is 0 Å². The maximum absolute atomic E-state index is 12.5. The van der Waals surface area contributed by atoms with Crippen molar-refractivity contribution in [2.75, 3.05) is 38.1 Å². The van der Waals surface area contributed by atoms with Gasteiger partial charge >= 0.3 is 0 Å². The van der Waals surface area contributed by atoms with Crippen molar-refractivity contribution in [2.45, 2.75) is 38.2 Å². The summed E-state index contributed by atoms with van der Waals surface area (Å²) in [5.41, 5.74) is 1.29. The molecule has 1 atom stereocenters. The van der Waals surface area contributed by atoms with E-state index in [0.717, 1.165) is 45.4 Å². The number of nitrogens with one attached hydrogen (secondary N) is 2. The third-order valence-electron chi connectivity index (χ3n) is 4.72. The van der Waals surface area contributed by atoms with Gasteiger partial charge in [0.05, 0.1) is 12.6 Å². The number of rotatable bonds is 6. The Hall–Kier alpha value is -1.92. The summed E-state index contributed by atoms with van der Waals surface area (Å²) in [6.45, 7) is 3.40. The minimum atomic E-state index is -0.111. The standard InChI is InChI=1S/C19H27N3O3/c23-18(14-20-13-17-8-5-11-25-17)21-16-7-4-6-15(12-16)19(24)22-9-2-1-3-10-22/h4,6-7,12,17,20H,1-3,5,8-11,13-14H2,(H,21,23). The number of likely N-dealkylation sites (tertiary alicyclic amines) is 1. The lowest BCUT2D eigenvalue weighted by atomic mass is 10.1. The molecule has 6 nitrogen and oxygen atoms in total. The molecule has 2 fully saturated rings. The number of amides is 2. The number of nitrogens with zero attached hydrogens (tertiary/aromatic N) is 1. The summed E-state index contributed by atoms with van der Waals surface area (Å²) in [5.74, 6) is -0.0622.